The van der Waals surface area contributed by atoms with Gasteiger partial charge in [-0.1, -0.05) is 25.1 Å². The minimum Gasteiger partial charge on any atom is -0.486 e. The molecule has 2 heterocycles. The van der Waals surface area contributed by atoms with E-state index in [1.165, 1.54) is 5.56 Å². The number of aryl methyl sites for hydroxylation is 1. The Hall–Kier alpha value is -3.02. The molecule has 0 spiro atoms. The monoisotopic (exact) mass is 394 g/mol. The van der Waals surface area contributed by atoms with Gasteiger partial charge < -0.3 is 19.7 Å². The van der Waals surface area contributed by atoms with E-state index in [1.807, 2.05) is 49.4 Å². The summed E-state index contributed by atoms with van der Waals surface area (Å²) in [7, 11) is 0. The van der Waals surface area contributed by atoms with Gasteiger partial charge >= 0.3 is 0 Å². The third-order valence-electron chi connectivity index (χ3n) is 5.58. The molecule has 4 rings (SSSR count). The van der Waals surface area contributed by atoms with Crippen LogP contribution in [0.4, 0.5) is 5.69 Å². The van der Waals surface area contributed by atoms with Gasteiger partial charge in [-0.3, -0.25) is 9.59 Å². The molecule has 2 aliphatic heterocycles. The number of nitrogens with zero attached hydrogens (tertiary/aromatic N) is 1. The van der Waals surface area contributed by atoms with Gasteiger partial charge in [0.05, 0.1) is 12.0 Å². The molecule has 0 saturated carbocycles. The van der Waals surface area contributed by atoms with Crippen molar-refractivity contribution in [3.8, 4) is 11.5 Å². The summed E-state index contributed by atoms with van der Waals surface area (Å²) in [6, 6.07) is 13.5. The third-order valence-corrected chi connectivity index (χ3v) is 5.58. The Morgan fingerprint density at radius 1 is 1.14 bits per heavy atom. The van der Waals surface area contributed by atoms with Crippen LogP contribution in [0.5, 0.6) is 11.5 Å². The van der Waals surface area contributed by atoms with E-state index in [-0.39, 0.29) is 30.2 Å². The van der Waals surface area contributed by atoms with Crippen LogP contribution in [0.25, 0.3) is 0 Å². The average molecular weight is 394 g/mol. The van der Waals surface area contributed by atoms with Crippen molar-refractivity contribution in [3.05, 3.63) is 53.6 Å². The van der Waals surface area contributed by atoms with E-state index in [4.69, 9.17) is 9.47 Å². The number of anilines is 1. The van der Waals surface area contributed by atoms with Crippen molar-refractivity contribution in [2.24, 2.45) is 5.92 Å². The Labute approximate surface area is 170 Å². The standard InChI is InChI=1S/C23H26N2O4/c1-3-16-4-7-19(8-5-16)25-14-18(13-22(25)26)23(27)24-15(2)17-6-9-20-21(12-17)29-11-10-28-20/h4-9,12,15,18H,3,10-11,13-14H2,1-2H3,(H,24,27). The second-order valence-electron chi connectivity index (χ2n) is 7.56. The maximum atomic E-state index is 12.8. The van der Waals surface area contributed by atoms with E-state index in [2.05, 4.69) is 12.2 Å². The fourth-order valence-corrected chi connectivity index (χ4v) is 3.79. The normalized spacial score (nSPS) is 19.2. The molecule has 0 aromatic heterocycles. The van der Waals surface area contributed by atoms with Crippen LogP contribution in [0.1, 0.15) is 37.4 Å². The Kier molecular flexibility index (Phi) is 5.43. The smallest absolute Gasteiger partial charge is 0.227 e. The van der Waals surface area contributed by atoms with Gasteiger partial charge in [0.25, 0.3) is 0 Å². The molecule has 0 radical (unpaired) electrons. The molecule has 152 valence electrons. The first-order valence-corrected chi connectivity index (χ1v) is 10.1. The summed E-state index contributed by atoms with van der Waals surface area (Å²) < 4.78 is 11.2. The topological polar surface area (TPSA) is 67.9 Å². The van der Waals surface area contributed by atoms with E-state index >= 15 is 0 Å². The predicted molar refractivity (Wildman–Crippen MR) is 110 cm³/mol. The Morgan fingerprint density at radius 3 is 2.59 bits per heavy atom. The number of carbonyl (C=O) groups excluding carboxylic acids is 2. The lowest BCUT2D eigenvalue weighted by Crippen LogP contribution is -2.34. The Morgan fingerprint density at radius 2 is 1.86 bits per heavy atom. The lowest BCUT2D eigenvalue weighted by molar-refractivity contribution is -0.126. The van der Waals surface area contributed by atoms with Crippen molar-refractivity contribution < 1.29 is 19.1 Å². The first-order chi connectivity index (χ1) is 14.0. The first-order valence-electron chi connectivity index (χ1n) is 10.1. The quantitative estimate of drug-likeness (QED) is 0.845. The van der Waals surface area contributed by atoms with Crippen LogP contribution < -0.4 is 19.7 Å². The number of amides is 2. The van der Waals surface area contributed by atoms with Crippen LogP contribution in [0.15, 0.2) is 42.5 Å². The van der Waals surface area contributed by atoms with Gasteiger partial charge in [0.2, 0.25) is 11.8 Å². The number of hydrogen-bond acceptors (Lipinski definition) is 4. The summed E-state index contributed by atoms with van der Waals surface area (Å²) >= 11 is 0. The maximum Gasteiger partial charge on any atom is 0.227 e. The molecule has 2 aliphatic rings. The molecule has 2 atom stereocenters. The third kappa shape index (κ3) is 4.06. The van der Waals surface area contributed by atoms with Crippen LogP contribution in [0.2, 0.25) is 0 Å². The molecule has 0 aliphatic carbocycles. The maximum absolute atomic E-state index is 12.8. The lowest BCUT2D eigenvalue weighted by atomic mass is 10.0. The molecule has 2 aromatic carbocycles. The SMILES string of the molecule is CCc1ccc(N2CC(C(=O)NC(C)c3ccc4c(c3)OCCO4)CC2=O)cc1. The van der Waals surface area contributed by atoms with Gasteiger partial charge in [-0.05, 0) is 48.7 Å². The van der Waals surface area contributed by atoms with Crippen LogP contribution >= 0.6 is 0 Å². The molecule has 6 nitrogen and oxygen atoms in total. The largest absolute Gasteiger partial charge is 0.486 e. The highest BCUT2D eigenvalue weighted by Crippen LogP contribution is 2.33. The number of nitrogens with one attached hydrogen (secondary N) is 1. The second-order valence-corrected chi connectivity index (χ2v) is 7.56. The molecule has 29 heavy (non-hydrogen) atoms. The zero-order valence-corrected chi connectivity index (χ0v) is 16.8. The molecule has 0 bridgehead atoms. The van der Waals surface area contributed by atoms with Crippen LogP contribution in [-0.4, -0.2) is 31.6 Å². The van der Waals surface area contributed by atoms with Crippen molar-refractivity contribution in [3.63, 3.8) is 0 Å². The fourth-order valence-electron chi connectivity index (χ4n) is 3.79. The fraction of sp³-hybridized carbons (Fsp3) is 0.391. The number of fused-ring (bicyclic) bond motifs is 1. The summed E-state index contributed by atoms with van der Waals surface area (Å²) in [5, 5.41) is 3.04. The van der Waals surface area contributed by atoms with Crippen molar-refractivity contribution in [1.29, 1.82) is 0 Å². The molecular formula is C23H26N2O4. The van der Waals surface area contributed by atoms with Crippen LogP contribution in [0.3, 0.4) is 0 Å². The average Bonchev–Trinajstić information content (AvgIpc) is 3.15. The van der Waals surface area contributed by atoms with Gasteiger partial charge in [-0.25, -0.2) is 0 Å². The van der Waals surface area contributed by atoms with Crippen LogP contribution in [0, 0.1) is 5.92 Å². The van der Waals surface area contributed by atoms with Gasteiger partial charge in [0, 0.05) is 18.7 Å². The van der Waals surface area contributed by atoms with Gasteiger partial charge in [0.15, 0.2) is 11.5 Å². The molecule has 6 heteroatoms. The van der Waals surface area contributed by atoms with Crippen molar-refractivity contribution in [1.82, 2.24) is 5.32 Å². The Balaban J connectivity index is 1.40. The summed E-state index contributed by atoms with van der Waals surface area (Å²) in [6.07, 6.45) is 1.19. The molecule has 1 N–H and O–H groups in total. The molecule has 1 saturated heterocycles. The highest BCUT2D eigenvalue weighted by molar-refractivity contribution is 6.00. The summed E-state index contributed by atoms with van der Waals surface area (Å²) in [5.74, 6) is 0.958. The van der Waals surface area contributed by atoms with E-state index in [9.17, 15) is 9.59 Å². The van der Waals surface area contributed by atoms with Gasteiger partial charge in [0.1, 0.15) is 13.2 Å². The summed E-state index contributed by atoms with van der Waals surface area (Å²) in [6.45, 7) is 5.51. The molecule has 1 fully saturated rings. The number of ether oxygens (including phenoxy) is 2. The molecule has 2 amide bonds. The Bertz CT molecular complexity index is 910. The summed E-state index contributed by atoms with van der Waals surface area (Å²) in [5.41, 5.74) is 3.02. The van der Waals surface area contributed by atoms with E-state index in [0.29, 0.717) is 25.5 Å². The minimum atomic E-state index is -0.354. The van der Waals surface area contributed by atoms with Gasteiger partial charge in [-0.15, -0.1) is 0 Å². The van der Waals surface area contributed by atoms with Crippen molar-refractivity contribution in [2.45, 2.75) is 32.7 Å². The van der Waals surface area contributed by atoms with Crippen molar-refractivity contribution >= 4 is 17.5 Å². The second kappa shape index (κ2) is 8.15. The molecular weight excluding hydrogens is 368 g/mol. The van der Waals surface area contributed by atoms with Gasteiger partial charge in [-0.2, -0.15) is 0 Å². The molecule has 2 unspecified atom stereocenters. The zero-order chi connectivity index (χ0) is 20.4. The first kappa shape index (κ1) is 19.3. The number of hydrogen-bond donors (Lipinski definition) is 1. The van der Waals surface area contributed by atoms with Crippen molar-refractivity contribution in [2.75, 3.05) is 24.7 Å². The van der Waals surface area contributed by atoms with Crippen LogP contribution in [-0.2, 0) is 16.0 Å². The molecule has 2 aromatic rings. The zero-order valence-electron chi connectivity index (χ0n) is 16.8. The number of rotatable bonds is 5. The van der Waals surface area contributed by atoms with E-state index < -0.39 is 0 Å². The highest BCUT2D eigenvalue weighted by atomic mass is 16.6. The summed E-state index contributed by atoms with van der Waals surface area (Å²) in [4.78, 5) is 27.0. The number of benzene rings is 2. The predicted octanol–water partition coefficient (Wildman–Crippen LogP) is 3.25. The van der Waals surface area contributed by atoms with E-state index in [1.54, 1.807) is 4.90 Å². The highest BCUT2D eigenvalue weighted by Gasteiger charge is 2.35. The minimum absolute atomic E-state index is 0.0126. The lowest BCUT2D eigenvalue weighted by Gasteiger charge is -2.22. The number of carbonyl (C=O) groups is 2. The van der Waals surface area contributed by atoms with E-state index in [0.717, 1.165) is 23.4 Å².